The third-order valence-corrected chi connectivity index (χ3v) is 3.61. The maximum atomic E-state index is 5.70. The van der Waals surface area contributed by atoms with E-state index in [-0.39, 0.29) is 0 Å². The molecule has 0 aliphatic heterocycles. The van der Waals surface area contributed by atoms with E-state index in [4.69, 9.17) is 4.74 Å². The van der Waals surface area contributed by atoms with Crippen LogP contribution in [-0.2, 0) is 6.54 Å². The van der Waals surface area contributed by atoms with Crippen LogP contribution in [0.3, 0.4) is 0 Å². The Morgan fingerprint density at radius 3 is 3.00 bits per heavy atom. The Morgan fingerprint density at radius 1 is 1.45 bits per heavy atom. The highest BCUT2D eigenvalue weighted by Crippen LogP contribution is 2.43. The first kappa shape index (κ1) is 13.0. The molecule has 0 saturated heterocycles. The molecule has 3 rings (SSSR count). The number of imidazole rings is 1. The maximum Gasteiger partial charge on any atom is 0.297 e. The number of nitrogens with zero attached hydrogens (tertiary/aromatic N) is 2. The summed E-state index contributed by atoms with van der Waals surface area (Å²) in [5, 5.41) is 0. The van der Waals surface area contributed by atoms with E-state index in [0.717, 1.165) is 12.1 Å². The van der Waals surface area contributed by atoms with Crippen molar-refractivity contribution in [3.63, 3.8) is 0 Å². The van der Waals surface area contributed by atoms with Crippen LogP contribution in [0.4, 0.5) is 0 Å². The molecule has 0 bridgehead atoms. The van der Waals surface area contributed by atoms with Gasteiger partial charge in [0.1, 0.15) is 0 Å². The zero-order valence-electron chi connectivity index (χ0n) is 11.9. The van der Waals surface area contributed by atoms with Gasteiger partial charge in [0, 0.05) is 6.54 Å². The van der Waals surface area contributed by atoms with E-state index in [1.54, 1.807) is 6.08 Å². The molecule has 1 heterocycles. The fourth-order valence-corrected chi connectivity index (χ4v) is 2.59. The minimum Gasteiger partial charge on any atom is -0.465 e. The number of rotatable bonds is 6. The highest BCUT2D eigenvalue weighted by atomic mass is 16.5. The standard InChI is InChI=1S/C17H20N2O/c1-3-5-6-12-19-16-14(13-10-11-13)8-7-9-15(16)18-17(19)20-4-2/h3,5-9,13H,1,4,10-12H2,2H3/b6-5+. The van der Waals surface area contributed by atoms with Crippen molar-refractivity contribution in [2.24, 2.45) is 0 Å². The van der Waals surface area contributed by atoms with E-state index in [1.807, 2.05) is 13.0 Å². The van der Waals surface area contributed by atoms with Gasteiger partial charge in [-0.25, -0.2) is 0 Å². The van der Waals surface area contributed by atoms with Crippen LogP contribution in [0.2, 0.25) is 0 Å². The van der Waals surface area contributed by atoms with Crippen molar-refractivity contribution in [3.05, 3.63) is 48.6 Å². The summed E-state index contributed by atoms with van der Waals surface area (Å²) >= 11 is 0. The zero-order valence-corrected chi connectivity index (χ0v) is 11.9. The Hall–Kier alpha value is -2.03. The maximum absolute atomic E-state index is 5.70. The molecular weight excluding hydrogens is 248 g/mol. The van der Waals surface area contributed by atoms with E-state index in [1.165, 1.54) is 23.9 Å². The van der Waals surface area contributed by atoms with Crippen molar-refractivity contribution >= 4 is 11.0 Å². The molecule has 1 aliphatic rings. The van der Waals surface area contributed by atoms with E-state index < -0.39 is 0 Å². The third kappa shape index (κ3) is 2.36. The summed E-state index contributed by atoms with van der Waals surface area (Å²) in [7, 11) is 0. The van der Waals surface area contributed by atoms with Crippen LogP contribution in [-0.4, -0.2) is 16.2 Å². The molecule has 3 heteroatoms. The van der Waals surface area contributed by atoms with Crippen LogP contribution in [0.5, 0.6) is 6.01 Å². The lowest BCUT2D eigenvalue weighted by atomic mass is 10.1. The molecule has 0 unspecified atom stereocenters. The summed E-state index contributed by atoms with van der Waals surface area (Å²) in [5.41, 5.74) is 3.67. The fourth-order valence-electron chi connectivity index (χ4n) is 2.59. The average Bonchev–Trinajstić information content (AvgIpc) is 3.23. The molecule has 1 aromatic heterocycles. The van der Waals surface area contributed by atoms with E-state index in [2.05, 4.69) is 40.4 Å². The second-order valence-corrected chi connectivity index (χ2v) is 5.09. The van der Waals surface area contributed by atoms with Crippen molar-refractivity contribution in [1.29, 1.82) is 0 Å². The first-order chi connectivity index (χ1) is 9.85. The average molecular weight is 268 g/mol. The molecule has 1 fully saturated rings. The molecule has 1 saturated carbocycles. The zero-order chi connectivity index (χ0) is 13.9. The lowest BCUT2D eigenvalue weighted by Crippen LogP contribution is -2.03. The Balaban J connectivity index is 2.12. The fraction of sp³-hybridized carbons (Fsp3) is 0.353. The largest absolute Gasteiger partial charge is 0.465 e. The number of ether oxygens (including phenoxy) is 1. The smallest absolute Gasteiger partial charge is 0.297 e. The normalized spacial score (nSPS) is 15.1. The van der Waals surface area contributed by atoms with E-state index in [0.29, 0.717) is 18.5 Å². The van der Waals surface area contributed by atoms with Crippen molar-refractivity contribution < 1.29 is 4.74 Å². The van der Waals surface area contributed by atoms with Gasteiger partial charge in [0.2, 0.25) is 0 Å². The van der Waals surface area contributed by atoms with Gasteiger partial charge < -0.3 is 4.74 Å². The van der Waals surface area contributed by atoms with Gasteiger partial charge in [-0.2, -0.15) is 4.98 Å². The summed E-state index contributed by atoms with van der Waals surface area (Å²) in [6.45, 7) is 7.10. The molecule has 1 aliphatic carbocycles. The van der Waals surface area contributed by atoms with Crippen molar-refractivity contribution in [3.8, 4) is 6.01 Å². The van der Waals surface area contributed by atoms with Crippen molar-refractivity contribution in [2.45, 2.75) is 32.2 Å². The summed E-state index contributed by atoms with van der Waals surface area (Å²) < 4.78 is 7.87. The quantitative estimate of drug-likeness (QED) is 0.739. The molecule has 0 N–H and O–H groups in total. The molecule has 20 heavy (non-hydrogen) atoms. The monoisotopic (exact) mass is 268 g/mol. The molecule has 104 valence electrons. The van der Waals surface area contributed by atoms with Crippen LogP contribution in [0.15, 0.2) is 43.0 Å². The summed E-state index contributed by atoms with van der Waals surface area (Å²) in [6, 6.07) is 7.11. The van der Waals surface area contributed by atoms with Gasteiger partial charge in [0.25, 0.3) is 6.01 Å². The van der Waals surface area contributed by atoms with Crippen molar-refractivity contribution in [1.82, 2.24) is 9.55 Å². The minimum atomic E-state index is 0.632. The van der Waals surface area contributed by atoms with Crippen LogP contribution >= 0.6 is 0 Å². The predicted octanol–water partition coefficient (Wildman–Crippen LogP) is 4.05. The van der Waals surface area contributed by atoms with E-state index in [9.17, 15) is 0 Å². The summed E-state index contributed by atoms with van der Waals surface area (Å²) in [4.78, 5) is 4.63. The molecule has 0 atom stereocenters. The third-order valence-electron chi connectivity index (χ3n) is 3.61. The van der Waals surface area contributed by atoms with Gasteiger partial charge in [-0.3, -0.25) is 4.57 Å². The van der Waals surface area contributed by atoms with Gasteiger partial charge in [0.05, 0.1) is 17.6 Å². The SMILES string of the molecule is C=C/C=C/Cn1c(OCC)nc2cccc(C3CC3)c21. The lowest BCUT2D eigenvalue weighted by Gasteiger charge is -2.09. The molecular formula is C17H20N2O. The number of fused-ring (bicyclic) bond motifs is 1. The number of hydrogen-bond acceptors (Lipinski definition) is 2. The van der Waals surface area contributed by atoms with E-state index >= 15 is 0 Å². The molecule has 1 aromatic carbocycles. The Kier molecular flexibility index (Phi) is 3.59. The first-order valence-electron chi connectivity index (χ1n) is 7.24. The first-order valence-corrected chi connectivity index (χ1v) is 7.24. The minimum absolute atomic E-state index is 0.632. The Labute approximate surface area is 119 Å². The molecule has 2 aromatic rings. The topological polar surface area (TPSA) is 27.1 Å². The Bertz CT molecular complexity index is 650. The van der Waals surface area contributed by atoms with Crippen LogP contribution < -0.4 is 4.74 Å². The van der Waals surface area contributed by atoms with Crippen LogP contribution in [0.1, 0.15) is 31.2 Å². The predicted molar refractivity (Wildman–Crippen MR) is 82.2 cm³/mol. The second kappa shape index (κ2) is 5.53. The molecule has 3 nitrogen and oxygen atoms in total. The molecule has 0 amide bonds. The van der Waals surface area contributed by atoms with Crippen LogP contribution in [0, 0.1) is 0 Å². The molecule has 0 radical (unpaired) electrons. The van der Waals surface area contributed by atoms with Gasteiger partial charge in [-0.15, -0.1) is 0 Å². The van der Waals surface area contributed by atoms with Crippen LogP contribution in [0.25, 0.3) is 11.0 Å². The molecule has 0 spiro atoms. The second-order valence-electron chi connectivity index (χ2n) is 5.09. The summed E-state index contributed by atoms with van der Waals surface area (Å²) in [5.74, 6) is 0.701. The van der Waals surface area contributed by atoms with Gasteiger partial charge >= 0.3 is 0 Å². The number of para-hydroxylation sites is 1. The van der Waals surface area contributed by atoms with Crippen molar-refractivity contribution in [2.75, 3.05) is 6.61 Å². The highest BCUT2D eigenvalue weighted by Gasteiger charge is 2.27. The van der Waals surface area contributed by atoms with Gasteiger partial charge in [-0.1, -0.05) is 36.9 Å². The van der Waals surface area contributed by atoms with Gasteiger partial charge in [0.15, 0.2) is 0 Å². The summed E-state index contributed by atoms with van der Waals surface area (Å²) in [6.07, 6.45) is 8.41. The number of allylic oxidation sites excluding steroid dienone is 3. The highest BCUT2D eigenvalue weighted by molar-refractivity contribution is 5.81. The number of aromatic nitrogens is 2. The Morgan fingerprint density at radius 2 is 2.30 bits per heavy atom. The lowest BCUT2D eigenvalue weighted by molar-refractivity contribution is 0.301. The van der Waals surface area contributed by atoms with Gasteiger partial charge in [-0.05, 0) is 37.3 Å². The number of hydrogen-bond donors (Lipinski definition) is 0. The number of benzene rings is 1.